The number of carbonyl (C=O) groups is 4. The minimum absolute atomic E-state index is 0.000331. The Hall–Kier alpha value is -4.95. The number of benzene rings is 4. The molecule has 4 aromatic rings. The highest BCUT2D eigenvalue weighted by molar-refractivity contribution is 6.31. The summed E-state index contributed by atoms with van der Waals surface area (Å²) in [5.41, 5.74) is -1.82. The van der Waals surface area contributed by atoms with Crippen molar-refractivity contribution < 1.29 is 38.9 Å². The van der Waals surface area contributed by atoms with Gasteiger partial charge in [-0.2, -0.15) is 0 Å². The maximum absolute atomic E-state index is 14.0. The SMILES string of the molecule is CCCCCOC(=O)c1c(C(=O)c2ccccc2)c(O)c(O)c(OC(=O)c2ccccc2)c1C(=O)c1ccc(Cl)cc1. The van der Waals surface area contributed by atoms with Gasteiger partial charge in [0.25, 0.3) is 0 Å². The number of halogens is 1. The number of rotatable bonds is 11. The van der Waals surface area contributed by atoms with Gasteiger partial charge >= 0.3 is 11.9 Å². The van der Waals surface area contributed by atoms with Gasteiger partial charge in [0.15, 0.2) is 23.1 Å². The van der Waals surface area contributed by atoms with E-state index in [9.17, 15) is 29.4 Å². The quantitative estimate of drug-likeness (QED) is 0.0647. The molecule has 0 saturated heterocycles. The van der Waals surface area contributed by atoms with E-state index >= 15 is 0 Å². The van der Waals surface area contributed by atoms with Crippen LogP contribution in [-0.4, -0.2) is 40.3 Å². The second kappa shape index (κ2) is 13.6. The summed E-state index contributed by atoms with van der Waals surface area (Å²) in [5.74, 6) is -6.77. The number of carbonyl (C=O) groups excluding carboxylic acids is 4. The number of esters is 2. The molecule has 0 amide bonds. The number of phenols is 2. The third-order valence-corrected chi connectivity index (χ3v) is 6.64. The average molecular weight is 587 g/mol. The van der Waals surface area contributed by atoms with Crippen LogP contribution in [0, 0.1) is 0 Å². The monoisotopic (exact) mass is 586 g/mol. The summed E-state index contributed by atoms with van der Waals surface area (Å²) in [6, 6.07) is 21.0. The Labute approximate surface area is 247 Å². The van der Waals surface area contributed by atoms with Gasteiger partial charge in [0, 0.05) is 16.1 Å². The van der Waals surface area contributed by atoms with Gasteiger partial charge in [0.05, 0.1) is 28.9 Å². The standard InChI is InChI=1S/C33H27ClO8/c1-2-3-10-19-41-33(40)24-25(27(35)20-11-6-4-7-12-20)29(37)30(38)31(42-32(39)22-13-8-5-9-14-22)26(24)28(36)21-15-17-23(34)18-16-21/h4-9,11-18,37-38H,2-3,10,19H2,1H3. The molecular formula is C33H27ClO8. The fourth-order valence-electron chi connectivity index (χ4n) is 4.24. The molecule has 8 nitrogen and oxygen atoms in total. The summed E-state index contributed by atoms with van der Waals surface area (Å²) in [6.07, 6.45) is 2.10. The van der Waals surface area contributed by atoms with Crippen molar-refractivity contribution in [3.63, 3.8) is 0 Å². The van der Waals surface area contributed by atoms with Crippen molar-refractivity contribution in [2.45, 2.75) is 26.2 Å². The Morgan fingerprint density at radius 1 is 0.643 bits per heavy atom. The number of hydrogen-bond donors (Lipinski definition) is 2. The summed E-state index contributed by atoms with van der Waals surface area (Å²) in [6.45, 7) is 1.92. The van der Waals surface area contributed by atoms with Crippen LogP contribution in [0.1, 0.15) is 78.7 Å². The van der Waals surface area contributed by atoms with E-state index in [0.717, 1.165) is 12.8 Å². The topological polar surface area (TPSA) is 127 Å². The van der Waals surface area contributed by atoms with E-state index in [1.54, 1.807) is 36.4 Å². The van der Waals surface area contributed by atoms with Gasteiger partial charge in [0.1, 0.15) is 0 Å². The Morgan fingerprint density at radius 3 is 1.79 bits per heavy atom. The van der Waals surface area contributed by atoms with E-state index in [1.165, 1.54) is 48.5 Å². The maximum atomic E-state index is 14.0. The zero-order valence-corrected chi connectivity index (χ0v) is 23.4. The van der Waals surface area contributed by atoms with E-state index in [4.69, 9.17) is 21.1 Å². The fraction of sp³-hybridized carbons (Fsp3) is 0.152. The Morgan fingerprint density at radius 2 is 1.19 bits per heavy atom. The minimum Gasteiger partial charge on any atom is -0.504 e. The van der Waals surface area contributed by atoms with Gasteiger partial charge in [0.2, 0.25) is 5.75 Å². The van der Waals surface area contributed by atoms with Crippen molar-refractivity contribution in [1.29, 1.82) is 0 Å². The van der Waals surface area contributed by atoms with Crippen LogP contribution < -0.4 is 4.74 Å². The predicted octanol–water partition coefficient (Wildman–Crippen LogP) is 6.78. The molecule has 42 heavy (non-hydrogen) atoms. The number of aromatic hydroxyl groups is 2. The zero-order chi connectivity index (χ0) is 30.2. The van der Waals surface area contributed by atoms with Crippen LogP contribution in [0.25, 0.3) is 0 Å². The molecular weight excluding hydrogens is 560 g/mol. The van der Waals surface area contributed by atoms with Crippen molar-refractivity contribution in [2.75, 3.05) is 6.61 Å². The summed E-state index contributed by atoms with van der Waals surface area (Å²) in [7, 11) is 0. The van der Waals surface area contributed by atoms with Crippen LogP contribution in [0.5, 0.6) is 17.2 Å². The molecule has 0 atom stereocenters. The van der Waals surface area contributed by atoms with Crippen molar-refractivity contribution >= 4 is 35.1 Å². The van der Waals surface area contributed by atoms with Crippen molar-refractivity contribution in [1.82, 2.24) is 0 Å². The lowest BCUT2D eigenvalue weighted by Crippen LogP contribution is -2.22. The van der Waals surface area contributed by atoms with E-state index in [0.29, 0.717) is 11.4 Å². The molecule has 0 saturated carbocycles. The Kier molecular flexibility index (Phi) is 9.73. The second-order valence-corrected chi connectivity index (χ2v) is 9.72. The molecule has 0 aromatic heterocycles. The number of unbranched alkanes of at least 4 members (excludes halogenated alkanes) is 2. The Bertz CT molecular complexity index is 1610. The molecule has 2 N–H and O–H groups in total. The lowest BCUT2D eigenvalue weighted by Gasteiger charge is -2.20. The molecule has 0 aliphatic rings. The van der Waals surface area contributed by atoms with Gasteiger partial charge in [-0.25, -0.2) is 9.59 Å². The lowest BCUT2D eigenvalue weighted by atomic mass is 9.88. The van der Waals surface area contributed by atoms with Gasteiger partial charge in [-0.05, 0) is 42.8 Å². The predicted molar refractivity (Wildman–Crippen MR) is 156 cm³/mol. The van der Waals surface area contributed by atoms with Crippen LogP contribution in [0.2, 0.25) is 5.02 Å². The van der Waals surface area contributed by atoms with Crippen molar-refractivity contribution in [3.05, 3.63) is 123 Å². The molecule has 214 valence electrons. The first-order chi connectivity index (χ1) is 20.2. The third kappa shape index (κ3) is 6.50. The highest BCUT2D eigenvalue weighted by Crippen LogP contribution is 2.46. The summed E-state index contributed by atoms with van der Waals surface area (Å²) >= 11 is 6.00. The molecule has 0 aliphatic carbocycles. The second-order valence-electron chi connectivity index (χ2n) is 9.28. The van der Waals surface area contributed by atoms with E-state index in [1.807, 2.05) is 6.92 Å². The smallest absolute Gasteiger partial charge is 0.343 e. The molecule has 0 heterocycles. The summed E-state index contributed by atoms with van der Waals surface area (Å²) in [5, 5.41) is 22.6. The van der Waals surface area contributed by atoms with Crippen LogP contribution in [-0.2, 0) is 4.74 Å². The van der Waals surface area contributed by atoms with E-state index < -0.39 is 57.4 Å². The van der Waals surface area contributed by atoms with Crippen molar-refractivity contribution in [3.8, 4) is 17.2 Å². The maximum Gasteiger partial charge on any atom is 0.343 e. The highest BCUT2D eigenvalue weighted by atomic mass is 35.5. The highest BCUT2D eigenvalue weighted by Gasteiger charge is 2.37. The molecule has 0 bridgehead atoms. The number of ketones is 2. The molecule has 4 rings (SSSR count). The van der Waals surface area contributed by atoms with Crippen LogP contribution in [0.3, 0.4) is 0 Å². The third-order valence-electron chi connectivity index (χ3n) is 6.39. The van der Waals surface area contributed by atoms with Gasteiger partial charge in [-0.15, -0.1) is 0 Å². The molecule has 9 heteroatoms. The minimum atomic E-state index is -1.12. The number of phenolic OH excluding ortho intramolecular Hbond substituents is 2. The van der Waals surface area contributed by atoms with Gasteiger partial charge in [-0.1, -0.05) is 79.9 Å². The van der Waals surface area contributed by atoms with Crippen LogP contribution in [0.15, 0.2) is 84.9 Å². The zero-order valence-electron chi connectivity index (χ0n) is 22.6. The van der Waals surface area contributed by atoms with E-state index in [-0.39, 0.29) is 23.3 Å². The van der Waals surface area contributed by atoms with Gasteiger partial charge in [-0.3, -0.25) is 9.59 Å². The van der Waals surface area contributed by atoms with Crippen molar-refractivity contribution in [2.24, 2.45) is 0 Å². The lowest BCUT2D eigenvalue weighted by molar-refractivity contribution is 0.0489. The first kappa shape index (κ1) is 30.0. The fourth-order valence-corrected chi connectivity index (χ4v) is 4.36. The molecule has 0 spiro atoms. The average Bonchev–Trinajstić information content (AvgIpc) is 3.01. The molecule has 0 aliphatic heterocycles. The number of ether oxygens (including phenoxy) is 2. The Balaban J connectivity index is 2.00. The normalized spacial score (nSPS) is 10.6. The van der Waals surface area contributed by atoms with Gasteiger partial charge < -0.3 is 19.7 Å². The molecule has 0 radical (unpaired) electrons. The number of hydrogen-bond acceptors (Lipinski definition) is 8. The van der Waals surface area contributed by atoms with E-state index in [2.05, 4.69) is 0 Å². The first-order valence-electron chi connectivity index (χ1n) is 13.2. The molecule has 0 fully saturated rings. The largest absolute Gasteiger partial charge is 0.504 e. The first-order valence-corrected chi connectivity index (χ1v) is 13.6. The molecule has 0 unspecified atom stereocenters. The molecule has 4 aromatic carbocycles. The summed E-state index contributed by atoms with van der Waals surface area (Å²) in [4.78, 5) is 54.5. The van der Waals surface area contributed by atoms with Crippen LogP contribution in [0.4, 0.5) is 0 Å². The van der Waals surface area contributed by atoms with Crippen LogP contribution >= 0.6 is 11.6 Å². The summed E-state index contributed by atoms with van der Waals surface area (Å²) < 4.78 is 10.9.